The van der Waals surface area contributed by atoms with Crippen molar-refractivity contribution in [1.82, 2.24) is 9.97 Å². The third kappa shape index (κ3) is 4.41. The van der Waals surface area contributed by atoms with Crippen molar-refractivity contribution in [2.24, 2.45) is 5.92 Å². The van der Waals surface area contributed by atoms with Crippen molar-refractivity contribution in [2.75, 3.05) is 16.8 Å². The second-order valence-electron chi connectivity index (χ2n) is 8.26. The SMILES string of the molecule is CC(C)c1cc(N2Cc3ccccc3C[C@@H]2C)nc(N[C@H](CO)C(C)C)n1. The molecule has 0 unspecified atom stereocenters. The van der Waals surface area contributed by atoms with Crippen LogP contribution in [0.2, 0.25) is 0 Å². The van der Waals surface area contributed by atoms with Crippen LogP contribution < -0.4 is 10.2 Å². The zero-order valence-electron chi connectivity index (χ0n) is 17.1. The molecule has 0 aliphatic carbocycles. The van der Waals surface area contributed by atoms with E-state index in [1.54, 1.807) is 0 Å². The number of hydrogen-bond donors (Lipinski definition) is 2. The topological polar surface area (TPSA) is 61.3 Å². The van der Waals surface area contributed by atoms with Crippen LogP contribution in [0.5, 0.6) is 0 Å². The van der Waals surface area contributed by atoms with Crippen LogP contribution in [-0.4, -0.2) is 33.8 Å². The Morgan fingerprint density at radius 2 is 1.85 bits per heavy atom. The molecule has 27 heavy (non-hydrogen) atoms. The maximum Gasteiger partial charge on any atom is 0.225 e. The maximum atomic E-state index is 9.68. The first-order chi connectivity index (χ1) is 12.9. The Morgan fingerprint density at radius 1 is 1.15 bits per heavy atom. The first-order valence-corrected chi connectivity index (χ1v) is 9.98. The molecule has 0 bridgehead atoms. The van der Waals surface area contributed by atoms with Crippen LogP contribution in [-0.2, 0) is 13.0 Å². The predicted molar refractivity (Wildman–Crippen MR) is 111 cm³/mol. The van der Waals surface area contributed by atoms with Crippen LogP contribution in [0.3, 0.4) is 0 Å². The van der Waals surface area contributed by atoms with Crippen molar-refractivity contribution in [3.8, 4) is 0 Å². The van der Waals surface area contributed by atoms with Crippen molar-refractivity contribution in [1.29, 1.82) is 0 Å². The third-order valence-electron chi connectivity index (χ3n) is 5.44. The van der Waals surface area contributed by atoms with Gasteiger partial charge in [-0.3, -0.25) is 0 Å². The fourth-order valence-electron chi connectivity index (χ4n) is 3.53. The summed E-state index contributed by atoms with van der Waals surface area (Å²) < 4.78 is 0. The average molecular weight is 369 g/mol. The highest BCUT2D eigenvalue weighted by Gasteiger charge is 2.25. The number of rotatable bonds is 6. The lowest BCUT2D eigenvalue weighted by Gasteiger charge is -2.36. The van der Waals surface area contributed by atoms with Gasteiger partial charge in [0.15, 0.2) is 0 Å². The molecule has 5 heteroatoms. The number of anilines is 2. The van der Waals surface area contributed by atoms with Gasteiger partial charge in [-0.2, -0.15) is 4.98 Å². The van der Waals surface area contributed by atoms with Crippen LogP contribution in [0, 0.1) is 5.92 Å². The van der Waals surface area contributed by atoms with E-state index in [9.17, 15) is 5.11 Å². The van der Waals surface area contributed by atoms with Gasteiger partial charge in [-0.15, -0.1) is 0 Å². The van der Waals surface area contributed by atoms with E-state index in [2.05, 4.69) is 75.2 Å². The Kier molecular flexibility index (Phi) is 6.00. The van der Waals surface area contributed by atoms with Gasteiger partial charge in [-0.25, -0.2) is 4.98 Å². The standard InChI is InChI=1S/C22H32N4O/c1-14(2)19-11-21(25-22(23-19)24-20(13-27)15(3)4)26-12-18-9-7-6-8-17(18)10-16(26)5/h6-9,11,14-16,20,27H,10,12-13H2,1-5H3,(H,23,24,25)/t16-,20+/m0/s1. The van der Waals surface area contributed by atoms with Crippen LogP contribution in [0.25, 0.3) is 0 Å². The number of aliphatic hydroxyl groups is 1. The summed E-state index contributed by atoms with van der Waals surface area (Å²) in [5, 5.41) is 13.0. The molecule has 3 rings (SSSR count). The molecule has 0 radical (unpaired) electrons. The lowest BCUT2D eigenvalue weighted by Crippen LogP contribution is -2.39. The molecule has 0 spiro atoms. The Labute approximate surface area is 162 Å². The summed E-state index contributed by atoms with van der Waals surface area (Å²) in [5.74, 6) is 2.17. The zero-order valence-corrected chi connectivity index (χ0v) is 17.1. The van der Waals surface area contributed by atoms with Gasteiger partial charge in [-0.1, -0.05) is 52.0 Å². The monoisotopic (exact) mass is 368 g/mol. The quantitative estimate of drug-likeness (QED) is 0.807. The van der Waals surface area contributed by atoms with E-state index in [4.69, 9.17) is 9.97 Å². The first-order valence-electron chi connectivity index (χ1n) is 9.98. The molecule has 146 valence electrons. The summed E-state index contributed by atoms with van der Waals surface area (Å²) in [6.07, 6.45) is 1.02. The summed E-state index contributed by atoms with van der Waals surface area (Å²) in [5.41, 5.74) is 3.82. The van der Waals surface area contributed by atoms with Gasteiger partial charge < -0.3 is 15.3 Å². The lowest BCUT2D eigenvalue weighted by atomic mass is 9.95. The summed E-state index contributed by atoms with van der Waals surface area (Å²) >= 11 is 0. The largest absolute Gasteiger partial charge is 0.394 e. The summed E-state index contributed by atoms with van der Waals surface area (Å²) in [6, 6.07) is 11.1. The number of aliphatic hydroxyl groups excluding tert-OH is 1. The van der Waals surface area contributed by atoms with Crippen molar-refractivity contribution < 1.29 is 5.11 Å². The minimum Gasteiger partial charge on any atom is -0.394 e. The van der Waals surface area contributed by atoms with E-state index >= 15 is 0 Å². The molecule has 5 nitrogen and oxygen atoms in total. The van der Waals surface area contributed by atoms with Crippen LogP contribution in [0.15, 0.2) is 30.3 Å². The molecular weight excluding hydrogens is 336 g/mol. The normalized spacial score (nSPS) is 17.9. The molecule has 1 aliphatic heterocycles. The van der Waals surface area contributed by atoms with Gasteiger partial charge in [0.05, 0.1) is 18.3 Å². The molecule has 0 amide bonds. The summed E-state index contributed by atoms with van der Waals surface area (Å²) in [4.78, 5) is 11.9. The Bertz CT molecular complexity index is 775. The number of aromatic nitrogens is 2. The number of nitrogens with one attached hydrogen (secondary N) is 1. The summed E-state index contributed by atoms with van der Waals surface area (Å²) in [7, 11) is 0. The van der Waals surface area contributed by atoms with Gasteiger partial charge in [0.2, 0.25) is 5.95 Å². The highest BCUT2D eigenvalue weighted by Crippen LogP contribution is 2.29. The van der Waals surface area contributed by atoms with Crippen molar-refractivity contribution >= 4 is 11.8 Å². The van der Waals surface area contributed by atoms with E-state index in [0.29, 0.717) is 23.8 Å². The van der Waals surface area contributed by atoms with E-state index in [0.717, 1.165) is 24.5 Å². The van der Waals surface area contributed by atoms with Gasteiger partial charge in [0.25, 0.3) is 0 Å². The maximum absolute atomic E-state index is 9.68. The van der Waals surface area contributed by atoms with Crippen molar-refractivity contribution in [2.45, 2.75) is 65.6 Å². The van der Waals surface area contributed by atoms with Crippen molar-refractivity contribution in [3.63, 3.8) is 0 Å². The molecule has 1 aromatic carbocycles. The Balaban J connectivity index is 1.95. The molecule has 0 saturated heterocycles. The minimum atomic E-state index is -0.0558. The van der Waals surface area contributed by atoms with Crippen molar-refractivity contribution in [3.05, 3.63) is 47.2 Å². The van der Waals surface area contributed by atoms with Crippen LogP contribution in [0.4, 0.5) is 11.8 Å². The van der Waals surface area contributed by atoms with Gasteiger partial charge >= 0.3 is 0 Å². The number of nitrogens with zero attached hydrogens (tertiary/aromatic N) is 3. The van der Waals surface area contributed by atoms with E-state index in [-0.39, 0.29) is 12.6 Å². The fourth-order valence-corrected chi connectivity index (χ4v) is 3.53. The fraction of sp³-hybridized carbons (Fsp3) is 0.545. The molecule has 2 atom stereocenters. The molecule has 1 aromatic heterocycles. The second kappa shape index (κ2) is 8.26. The van der Waals surface area contributed by atoms with E-state index in [1.807, 2.05) is 0 Å². The van der Waals surface area contributed by atoms with E-state index in [1.165, 1.54) is 11.1 Å². The predicted octanol–water partition coefficient (Wildman–Crippen LogP) is 3.98. The lowest BCUT2D eigenvalue weighted by molar-refractivity contribution is 0.248. The molecule has 1 aliphatic rings. The van der Waals surface area contributed by atoms with Crippen LogP contribution >= 0.6 is 0 Å². The zero-order chi connectivity index (χ0) is 19.6. The second-order valence-corrected chi connectivity index (χ2v) is 8.26. The molecular formula is C22H32N4O. The van der Waals surface area contributed by atoms with E-state index < -0.39 is 0 Å². The highest BCUT2D eigenvalue weighted by atomic mass is 16.3. The number of benzene rings is 1. The molecule has 2 aromatic rings. The van der Waals surface area contributed by atoms with Crippen LogP contribution in [0.1, 0.15) is 57.4 Å². The smallest absolute Gasteiger partial charge is 0.225 e. The molecule has 0 saturated carbocycles. The van der Waals surface area contributed by atoms with Gasteiger partial charge in [0.1, 0.15) is 5.82 Å². The minimum absolute atomic E-state index is 0.0558. The number of fused-ring (bicyclic) bond motifs is 1. The Hall–Kier alpha value is -2.14. The average Bonchev–Trinajstić information content (AvgIpc) is 2.65. The highest BCUT2D eigenvalue weighted by molar-refractivity contribution is 5.50. The first kappa shape index (κ1) is 19.6. The molecule has 0 fully saturated rings. The molecule has 2 heterocycles. The number of hydrogen-bond acceptors (Lipinski definition) is 5. The van der Waals surface area contributed by atoms with Gasteiger partial charge in [-0.05, 0) is 36.3 Å². The Morgan fingerprint density at radius 3 is 2.48 bits per heavy atom. The third-order valence-corrected chi connectivity index (χ3v) is 5.44. The molecule has 2 N–H and O–H groups in total. The van der Waals surface area contributed by atoms with Gasteiger partial charge in [0, 0.05) is 18.7 Å². The summed E-state index contributed by atoms with van der Waals surface area (Å²) in [6.45, 7) is 11.7.